The molecule has 0 heterocycles. The Morgan fingerprint density at radius 1 is 0.525 bits per heavy atom. The highest BCUT2D eigenvalue weighted by molar-refractivity contribution is 5.87. The molecule has 1 aliphatic rings. The van der Waals surface area contributed by atoms with Gasteiger partial charge in [-0.25, -0.2) is 9.59 Å². The van der Waals surface area contributed by atoms with Crippen LogP contribution in [0.4, 0.5) is 0 Å². The number of hydrogen-bond acceptors (Lipinski definition) is 12. The second-order valence-corrected chi connectivity index (χ2v) is 10.7. The average Bonchev–Trinajstić information content (AvgIpc) is 2.87. The fraction of sp³-hybridized carbons (Fsp3) is 0.643. The molecule has 0 atom stereocenters. The summed E-state index contributed by atoms with van der Waals surface area (Å²) in [4.78, 5) is 71.1. The van der Waals surface area contributed by atoms with E-state index in [-0.39, 0.29) is 63.3 Å². The van der Waals surface area contributed by atoms with Gasteiger partial charge in [0, 0.05) is 22.0 Å². The zero-order valence-corrected chi connectivity index (χ0v) is 24.1. The molecule has 0 aromatic heterocycles. The summed E-state index contributed by atoms with van der Waals surface area (Å²) in [6.07, 6.45) is -2.07. The van der Waals surface area contributed by atoms with E-state index in [2.05, 4.69) is 13.2 Å². The van der Waals surface area contributed by atoms with Crippen LogP contribution in [0.5, 0.6) is 0 Å². The van der Waals surface area contributed by atoms with Gasteiger partial charge in [-0.1, -0.05) is 40.9 Å². The second-order valence-electron chi connectivity index (χ2n) is 10.7. The van der Waals surface area contributed by atoms with Crippen molar-refractivity contribution in [2.24, 2.45) is 10.8 Å². The lowest BCUT2D eigenvalue weighted by Crippen LogP contribution is -2.69. The number of carbonyl (C=O) groups is 6. The molecule has 0 unspecified atom stereocenters. The molecule has 0 radical (unpaired) electrons. The number of esters is 6. The van der Waals surface area contributed by atoms with Crippen molar-refractivity contribution in [3.8, 4) is 0 Å². The maximum absolute atomic E-state index is 12.4. The van der Waals surface area contributed by atoms with Crippen LogP contribution < -0.4 is 0 Å². The monoisotopic (exact) mass is 568 g/mol. The predicted octanol–water partition coefficient (Wildman–Crippen LogP) is 2.76. The molecule has 0 bridgehead atoms. The Bertz CT molecular complexity index is 915. The van der Waals surface area contributed by atoms with E-state index >= 15 is 0 Å². The van der Waals surface area contributed by atoms with E-state index in [1.807, 2.05) is 0 Å². The van der Waals surface area contributed by atoms with E-state index in [9.17, 15) is 28.8 Å². The molecule has 0 aromatic carbocycles. The molecule has 1 fully saturated rings. The first-order valence-corrected chi connectivity index (χ1v) is 12.9. The normalized spacial score (nSPS) is 18.2. The Kier molecular flexibility index (Phi) is 13.0. The Labute approximate surface area is 234 Å². The Morgan fingerprint density at radius 3 is 1.10 bits per heavy atom. The molecular weight excluding hydrogens is 528 g/mol. The minimum atomic E-state index is -0.726. The molecule has 12 nitrogen and oxygen atoms in total. The fourth-order valence-electron chi connectivity index (χ4n) is 4.46. The van der Waals surface area contributed by atoms with Crippen LogP contribution in [0.1, 0.15) is 67.2 Å². The van der Waals surface area contributed by atoms with Gasteiger partial charge in [0.15, 0.2) is 0 Å². The highest BCUT2D eigenvalue weighted by Crippen LogP contribution is 2.57. The van der Waals surface area contributed by atoms with Crippen LogP contribution in [0.15, 0.2) is 24.3 Å². The van der Waals surface area contributed by atoms with Crippen molar-refractivity contribution in [2.75, 3.05) is 26.4 Å². The zero-order valence-electron chi connectivity index (χ0n) is 24.1. The van der Waals surface area contributed by atoms with E-state index < -0.39 is 58.9 Å². The van der Waals surface area contributed by atoms with Crippen LogP contribution in [0.25, 0.3) is 0 Å². The van der Waals surface area contributed by atoms with E-state index in [0.29, 0.717) is 0 Å². The molecule has 1 rings (SSSR count). The lowest BCUT2D eigenvalue weighted by Gasteiger charge is -2.61. The predicted molar refractivity (Wildman–Crippen MR) is 139 cm³/mol. The van der Waals surface area contributed by atoms with Crippen LogP contribution >= 0.6 is 0 Å². The summed E-state index contributed by atoms with van der Waals surface area (Å²) in [6.45, 7) is 16.5. The quantitative estimate of drug-likeness (QED) is 0.116. The van der Waals surface area contributed by atoms with Crippen LogP contribution in [0, 0.1) is 10.8 Å². The highest BCUT2D eigenvalue weighted by Gasteiger charge is 2.66. The molecule has 40 heavy (non-hydrogen) atoms. The van der Waals surface area contributed by atoms with Crippen molar-refractivity contribution in [3.05, 3.63) is 24.3 Å². The zero-order chi connectivity index (χ0) is 30.7. The van der Waals surface area contributed by atoms with Gasteiger partial charge in [-0.05, 0) is 13.8 Å². The molecule has 0 aromatic rings. The van der Waals surface area contributed by atoms with E-state index in [0.717, 1.165) is 0 Å². The van der Waals surface area contributed by atoms with Crippen molar-refractivity contribution in [1.82, 2.24) is 0 Å². The second kappa shape index (κ2) is 15.2. The highest BCUT2D eigenvalue weighted by atomic mass is 16.6. The van der Waals surface area contributed by atoms with E-state index in [4.69, 9.17) is 28.4 Å². The minimum absolute atomic E-state index is 0.124. The number of ether oxygens (including phenoxy) is 6. The molecular formula is C28H40O12. The van der Waals surface area contributed by atoms with Crippen molar-refractivity contribution < 1.29 is 57.2 Å². The first-order valence-electron chi connectivity index (χ1n) is 12.9. The van der Waals surface area contributed by atoms with Crippen molar-refractivity contribution in [3.63, 3.8) is 0 Å². The number of hydrogen-bond donors (Lipinski definition) is 0. The minimum Gasteiger partial charge on any atom is -0.462 e. The largest absolute Gasteiger partial charge is 0.462 e. The van der Waals surface area contributed by atoms with Gasteiger partial charge >= 0.3 is 35.8 Å². The summed E-state index contributed by atoms with van der Waals surface area (Å²) in [5, 5.41) is 0. The SMILES string of the molecule is C=C(C)C(=O)OCCOC(=O)CCC(=O)OC1C(C)(C)C(OC(=O)CCC(=O)OCCOC(=O)C(=C)C)C1(C)C. The van der Waals surface area contributed by atoms with Crippen LogP contribution in [-0.2, 0) is 57.2 Å². The first-order chi connectivity index (χ1) is 18.5. The standard InChI is InChI=1S/C28H40O12/c1-17(2)23(33)37-15-13-35-19(29)9-11-21(31)39-25-27(5,6)26(28(25,7)8)40-22(32)12-10-20(30)36-14-16-38-24(34)18(3)4/h25-26H,1,3,9-16H2,2,4-8H3. The fourth-order valence-corrected chi connectivity index (χ4v) is 4.46. The van der Waals surface area contributed by atoms with Gasteiger partial charge in [-0.2, -0.15) is 0 Å². The van der Waals surface area contributed by atoms with Crippen LogP contribution in [0.3, 0.4) is 0 Å². The third-order valence-corrected chi connectivity index (χ3v) is 6.12. The van der Waals surface area contributed by atoms with E-state index in [1.165, 1.54) is 13.8 Å². The molecule has 0 aliphatic heterocycles. The first kappa shape index (κ1) is 34.3. The van der Waals surface area contributed by atoms with Gasteiger partial charge in [-0.3, -0.25) is 19.2 Å². The summed E-state index contributed by atoms with van der Waals surface area (Å²) < 4.78 is 30.7. The maximum Gasteiger partial charge on any atom is 0.333 e. The molecule has 0 saturated heterocycles. The number of carbonyl (C=O) groups excluding carboxylic acids is 6. The smallest absolute Gasteiger partial charge is 0.333 e. The van der Waals surface area contributed by atoms with Gasteiger partial charge in [0.1, 0.15) is 38.6 Å². The third-order valence-electron chi connectivity index (χ3n) is 6.12. The molecule has 0 N–H and O–H groups in total. The Balaban J connectivity index is 2.40. The molecule has 1 saturated carbocycles. The summed E-state index contributed by atoms with van der Waals surface area (Å²) in [5.41, 5.74) is -0.998. The summed E-state index contributed by atoms with van der Waals surface area (Å²) in [5.74, 6) is -3.70. The maximum atomic E-state index is 12.4. The van der Waals surface area contributed by atoms with Crippen molar-refractivity contribution >= 4 is 35.8 Å². The Morgan fingerprint density at radius 2 is 0.800 bits per heavy atom. The van der Waals surface area contributed by atoms with Gasteiger partial charge in [0.25, 0.3) is 0 Å². The van der Waals surface area contributed by atoms with Crippen molar-refractivity contribution in [1.29, 1.82) is 0 Å². The summed E-state index contributed by atoms with van der Waals surface area (Å²) in [6, 6.07) is 0. The summed E-state index contributed by atoms with van der Waals surface area (Å²) in [7, 11) is 0. The Hall–Kier alpha value is -3.70. The van der Waals surface area contributed by atoms with Gasteiger partial charge in [0.05, 0.1) is 25.7 Å². The van der Waals surface area contributed by atoms with Gasteiger partial charge < -0.3 is 28.4 Å². The lowest BCUT2D eigenvalue weighted by molar-refractivity contribution is -0.268. The molecule has 0 amide bonds. The molecule has 0 spiro atoms. The molecule has 224 valence electrons. The average molecular weight is 569 g/mol. The van der Waals surface area contributed by atoms with Gasteiger partial charge in [-0.15, -0.1) is 0 Å². The summed E-state index contributed by atoms with van der Waals surface area (Å²) >= 11 is 0. The van der Waals surface area contributed by atoms with Crippen LogP contribution in [-0.4, -0.2) is 74.5 Å². The topological polar surface area (TPSA) is 158 Å². The molecule has 1 aliphatic carbocycles. The van der Waals surface area contributed by atoms with Crippen molar-refractivity contribution in [2.45, 2.75) is 79.4 Å². The third kappa shape index (κ3) is 10.5. The number of rotatable bonds is 16. The lowest BCUT2D eigenvalue weighted by atomic mass is 9.51. The van der Waals surface area contributed by atoms with E-state index in [1.54, 1.807) is 27.7 Å². The molecule has 12 heteroatoms. The van der Waals surface area contributed by atoms with Crippen LogP contribution in [0.2, 0.25) is 0 Å². The van der Waals surface area contributed by atoms with Gasteiger partial charge in [0.2, 0.25) is 0 Å².